The highest BCUT2D eigenvalue weighted by Crippen LogP contribution is 2.38. The van der Waals surface area contributed by atoms with E-state index in [1.807, 2.05) is 13.0 Å². The average Bonchev–Trinajstić information content (AvgIpc) is 3.02. The van der Waals surface area contributed by atoms with Gasteiger partial charge in [-0.25, -0.2) is 4.79 Å². The van der Waals surface area contributed by atoms with Gasteiger partial charge in [-0.3, -0.25) is 0 Å². The Morgan fingerprint density at radius 2 is 2.12 bits per heavy atom. The summed E-state index contributed by atoms with van der Waals surface area (Å²) < 4.78 is 10.9. The van der Waals surface area contributed by atoms with Crippen LogP contribution in [0.2, 0.25) is 0 Å². The molecule has 1 heterocycles. The molecule has 0 atom stereocenters. The van der Waals surface area contributed by atoms with Crippen molar-refractivity contribution in [1.29, 1.82) is 5.26 Å². The summed E-state index contributed by atoms with van der Waals surface area (Å²) in [5, 5.41) is 20.2. The molecule has 0 unspecified atom stereocenters. The molecule has 0 aliphatic heterocycles. The summed E-state index contributed by atoms with van der Waals surface area (Å²) in [4.78, 5) is 11.7. The number of hydrogen-bond acceptors (Lipinski definition) is 4. The van der Waals surface area contributed by atoms with Crippen molar-refractivity contribution in [3.63, 3.8) is 0 Å². The van der Waals surface area contributed by atoms with Crippen LogP contribution in [0.1, 0.15) is 28.4 Å². The summed E-state index contributed by atoms with van der Waals surface area (Å²) >= 11 is 0. The van der Waals surface area contributed by atoms with E-state index in [4.69, 9.17) is 14.4 Å². The van der Waals surface area contributed by atoms with Crippen molar-refractivity contribution >= 4 is 16.7 Å². The second kappa shape index (κ2) is 6.09. The summed E-state index contributed by atoms with van der Waals surface area (Å²) in [6.07, 6.45) is 2.17. The van der Waals surface area contributed by atoms with Gasteiger partial charge in [0.1, 0.15) is 11.5 Å². The molecule has 5 nitrogen and oxygen atoms in total. The number of carbonyl (C=O) groups is 1. The van der Waals surface area contributed by atoms with E-state index in [0.29, 0.717) is 29.1 Å². The smallest absolute Gasteiger partial charge is 0.336 e. The lowest BCUT2D eigenvalue weighted by atomic mass is 9.94. The molecule has 120 valence electrons. The monoisotopic (exact) mass is 321 g/mol. The van der Waals surface area contributed by atoms with Gasteiger partial charge >= 0.3 is 5.97 Å². The van der Waals surface area contributed by atoms with Crippen LogP contribution in [-0.2, 0) is 6.42 Å². The highest BCUT2D eigenvalue weighted by molar-refractivity contribution is 6.03. The highest BCUT2D eigenvalue weighted by Gasteiger charge is 2.22. The van der Waals surface area contributed by atoms with Crippen LogP contribution in [0.5, 0.6) is 5.75 Å². The highest BCUT2D eigenvalue weighted by atomic mass is 16.5. The largest absolute Gasteiger partial charge is 0.497 e. The minimum absolute atomic E-state index is 0.131. The van der Waals surface area contributed by atoms with Crippen LogP contribution in [0.25, 0.3) is 22.1 Å². The summed E-state index contributed by atoms with van der Waals surface area (Å²) in [5.41, 5.74) is 2.03. The third-order valence-electron chi connectivity index (χ3n) is 4.00. The first kappa shape index (κ1) is 15.6. The van der Waals surface area contributed by atoms with Gasteiger partial charge in [0.2, 0.25) is 0 Å². The quantitative estimate of drug-likeness (QED) is 0.777. The molecule has 1 N–H and O–H groups in total. The molecule has 0 radical (unpaired) electrons. The van der Waals surface area contributed by atoms with Crippen molar-refractivity contribution in [3.8, 4) is 23.1 Å². The van der Waals surface area contributed by atoms with Crippen LogP contribution in [0, 0.1) is 11.3 Å². The number of rotatable bonds is 4. The molecule has 0 aliphatic rings. The average molecular weight is 321 g/mol. The summed E-state index contributed by atoms with van der Waals surface area (Å²) in [6.45, 7) is 1.95. The Morgan fingerprint density at radius 3 is 2.75 bits per heavy atom. The molecule has 24 heavy (non-hydrogen) atoms. The predicted octanol–water partition coefficient (Wildman–Crippen LogP) is 4.24. The Morgan fingerprint density at radius 1 is 1.33 bits per heavy atom. The van der Waals surface area contributed by atoms with E-state index in [1.165, 1.54) is 13.2 Å². The Labute approximate surface area is 138 Å². The first-order valence-corrected chi connectivity index (χ1v) is 7.45. The number of benzene rings is 2. The number of fused-ring (bicyclic) bond motifs is 1. The van der Waals surface area contributed by atoms with Gasteiger partial charge in [0.05, 0.1) is 30.6 Å². The SMILES string of the molecule is CCc1cc(OC)cc(C(=O)O)c1-c1occ2cc(C#N)ccc12. The standard InChI is InChI=1S/C19H15NO4/c1-3-12-7-14(23-2)8-16(19(21)22)17(12)18-15-5-4-11(9-20)6-13(15)10-24-18/h4-8,10H,3H2,1-2H3,(H,21,22). The molecule has 0 saturated heterocycles. The predicted molar refractivity (Wildman–Crippen MR) is 89.3 cm³/mol. The van der Waals surface area contributed by atoms with E-state index in [0.717, 1.165) is 16.3 Å². The van der Waals surface area contributed by atoms with E-state index in [-0.39, 0.29) is 5.56 Å². The van der Waals surface area contributed by atoms with Crippen LogP contribution in [-0.4, -0.2) is 18.2 Å². The Balaban J connectivity index is 2.33. The van der Waals surface area contributed by atoms with Gasteiger partial charge in [-0.05, 0) is 42.3 Å². The number of methoxy groups -OCH3 is 1. The number of furan rings is 1. The van der Waals surface area contributed by atoms with Crippen LogP contribution < -0.4 is 4.74 Å². The molecule has 0 aliphatic carbocycles. The van der Waals surface area contributed by atoms with E-state index in [1.54, 1.807) is 24.5 Å². The zero-order valence-electron chi connectivity index (χ0n) is 13.3. The molecule has 0 saturated carbocycles. The first-order chi connectivity index (χ1) is 11.6. The topological polar surface area (TPSA) is 83.5 Å². The number of aromatic carboxylic acids is 1. The molecular formula is C19H15NO4. The van der Waals surface area contributed by atoms with Gasteiger partial charge in [-0.1, -0.05) is 6.92 Å². The molecule has 3 rings (SSSR count). The third kappa shape index (κ3) is 2.48. The number of carboxylic acid groups (broad SMARTS) is 1. The van der Waals surface area contributed by atoms with Crippen molar-refractivity contribution < 1.29 is 19.1 Å². The Bertz CT molecular complexity index is 979. The van der Waals surface area contributed by atoms with Gasteiger partial charge < -0.3 is 14.3 Å². The van der Waals surface area contributed by atoms with E-state index in [9.17, 15) is 9.90 Å². The Kier molecular flexibility index (Phi) is 3.97. The summed E-state index contributed by atoms with van der Waals surface area (Å²) in [5.74, 6) is -0.0567. The van der Waals surface area contributed by atoms with E-state index >= 15 is 0 Å². The number of carboxylic acids is 1. The fraction of sp³-hybridized carbons (Fsp3) is 0.158. The second-order valence-corrected chi connectivity index (χ2v) is 5.35. The number of aryl methyl sites for hydroxylation is 1. The fourth-order valence-electron chi connectivity index (χ4n) is 2.82. The van der Waals surface area contributed by atoms with Gasteiger partial charge in [-0.15, -0.1) is 0 Å². The zero-order valence-corrected chi connectivity index (χ0v) is 13.3. The van der Waals surface area contributed by atoms with Crippen molar-refractivity contribution in [3.05, 3.63) is 53.3 Å². The molecule has 2 aromatic carbocycles. The van der Waals surface area contributed by atoms with Crippen molar-refractivity contribution in [2.45, 2.75) is 13.3 Å². The maximum Gasteiger partial charge on any atom is 0.336 e. The molecule has 5 heteroatoms. The van der Waals surface area contributed by atoms with Gasteiger partial charge in [0, 0.05) is 16.3 Å². The van der Waals surface area contributed by atoms with E-state index in [2.05, 4.69) is 6.07 Å². The maximum absolute atomic E-state index is 11.7. The minimum Gasteiger partial charge on any atom is -0.497 e. The molecule has 0 amide bonds. The maximum atomic E-state index is 11.7. The fourth-order valence-corrected chi connectivity index (χ4v) is 2.82. The van der Waals surface area contributed by atoms with Crippen LogP contribution in [0.3, 0.4) is 0 Å². The van der Waals surface area contributed by atoms with E-state index < -0.39 is 5.97 Å². The summed E-state index contributed by atoms with van der Waals surface area (Å²) in [6, 6.07) is 10.6. The van der Waals surface area contributed by atoms with Crippen molar-refractivity contribution in [1.82, 2.24) is 0 Å². The molecule has 0 fully saturated rings. The Hall–Kier alpha value is -3.26. The molecule has 0 spiro atoms. The zero-order chi connectivity index (χ0) is 17.3. The number of ether oxygens (including phenoxy) is 1. The third-order valence-corrected chi connectivity index (χ3v) is 4.00. The molecule has 0 bridgehead atoms. The number of nitriles is 1. The lowest BCUT2D eigenvalue weighted by Crippen LogP contribution is -2.03. The van der Waals surface area contributed by atoms with Crippen molar-refractivity contribution in [2.24, 2.45) is 0 Å². The molecule has 1 aromatic heterocycles. The first-order valence-electron chi connectivity index (χ1n) is 7.45. The van der Waals surface area contributed by atoms with Gasteiger partial charge in [0.25, 0.3) is 0 Å². The van der Waals surface area contributed by atoms with Crippen LogP contribution in [0.15, 0.2) is 41.0 Å². The summed E-state index contributed by atoms with van der Waals surface area (Å²) in [7, 11) is 1.51. The van der Waals surface area contributed by atoms with Crippen LogP contribution in [0.4, 0.5) is 0 Å². The van der Waals surface area contributed by atoms with Gasteiger partial charge in [0.15, 0.2) is 0 Å². The normalized spacial score (nSPS) is 10.5. The molecule has 3 aromatic rings. The number of nitrogens with zero attached hydrogens (tertiary/aromatic N) is 1. The number of hydrogen-bond donors (Lipinski definition) is 1. The molecular weight excluding hydrogens is 306 g/mol. The van der Waals surface area contributed by atoms with Crippen LogP contribution >= 0.6 is 0 Å². The van der Waals surface area contributed by atoms with Gasteiger partial charge in [-0.2, -0.15) is 5.26 Å². The lowest BCUT2D eigenvalue weighted by molar-refractivity contribution is 0.0697. The minimum atomic E-state index is -1.04. The van der Waals surface area contributed by atoms with Crippen molar-refractivity contribution in [2.75, 3.05) is 7.11 Å². The second-order valence-electron chi connectivity index (χ2n) is 5.35. The lowest BCUT2D eigenvalue weighted by Gasteiger charge is -2.12.